The summed E-state index contributed by atoms with van der Waals surface area (Å²) in [5.41, 5.74) is 7.89. The Bertz CT molecular complexity index is 737. The number of hydrogen-bond acceptors (Lipinski definition) is 4. The van der Waals surface area contributed by atoms with Crippen LogP contribution >= 0.6 is 0 Å². The third-order valence-corrected chi connectivity index (χ3v) is 4.86. The fourth-order valence-electron chi connectivity index (χ4n) is 2.23. The largest absolute Gasteiger partial charge is 0.381 e. The monoisotopic (exact) mass is 308 g/mol. The van der Waals surface area contributed by atoms with E-state index < -0.39 is 10.0 Å². The number of anilines is 1. The van der Waals surface area contributed by atoms with Gasteiger partial charge in [-0.3, -0.25) is 4.68 Å². The fourth-order valence-corrected chi connectivity index (χ4v) is 3.58. The van der Waals surface area contributed by atoms with Crippen LogP contribution in [0.1, 0.15) is 18.1 Å². The van der Waals surface area contributed by atoms with Gasteiger partial charge in [0.15, 0.2) is 5.82 Å². The van der Waals surface area contributed by atoms with Crippen LogP contribution in [0.3, 0.4) is 0 Å². The minimum absolute atomic E-state index is 0.00749. The molecule has 0 spiro atoms. The van der Waals surface area contributed by atoms with Crippen molar-refractivity contribution in [3.05, 3.63) is 41.6 Å². The molecule has 0 bridgehead atoms. The van der Waals surface area contributed by atoms with Gasteiger partial charge in [-0.15, -0.1) is 0 Å². The summed E-state index contributed by atoms with van der Waals surface area (Å²) in [6.07, 6.45) is 2.02. The summed E-state index contributed by atoms with van der Waals surface area (Å²) in [4.78, 5) is 0.0154. The summed E-state index contributed by atoms with van der Waals surface area (Å²) in [6, 6.07) is 7.68. The van der Waals surface area contributed by atoms with E-state index in [1.54, 1.807) is 7.05 Å². The molecule has 0 aliphatic rings. The van der Waals surface area contributed by atoms with Crippen LogP contribution in [0, 0.1) is 6.92 Å². The molecule has 2 aromatic rings. The fraction of sp³-hybridized carbons (Fsp3) is 0.357. The van der Waals surface area contributed by atoms with E-state index in [9.17, 15) is 8.42 Å². The zero-order valence-electron chi connectivity index (χ0n) is 12.4. The third-order valence-electron chi connectivity index (χ3n) is 3.26. The lowest BCUT2D eigenvalue weighted by molar-refractivity contribution is 0.559. The number of nitrogens with zero attached hydrogens (tertiary/aromatic N) is 2. The molecule has 7 heteroatoms. The zero-order chi connectivity index (χ0) is 15.6. The lowest BCUT2D eigenvalue weighted by Crippen LogP contribution is -2.34. The highest BCUT2D eigenvalue weighted by Gasteiger charge is 2.22. The van der Waals surface area contributed by atoms with E-state index >= 15 is 0 Å². The summed E-state index contributed by atoms with van der Waals surface area (Å²) < 4.78 is 28.6. The van der Waals surface area contributed by atoms with E-state index in [0.717, 1.165) is 11.1 Å². The Morgan fingerprint density at radius 3 is 2.62 bits per heavy atom. The highest BCUT2D eigenvalue weighted by molar-refractivity contribution is 7.89. The van der Waals surface area contributed by atoms with Crippen molar-refractivity contribution < 1.29 is 8.42 Å². The first kappa shape index (κ1) is 15.5. The Kier molecular flexibility index (Phi) is 4.34. The van der Waals surface area contributed by atoms with E-state index in [0.29, 0.717) is 6.42 Å². The second-order valence-electron chi connectivity index (χ2n) is 5.21. The molecule has 0 saturated heterocycles. The zero-order valence-corrected chi connectivity index (χ0v) is 13.2. The highest BCUT2D eigenvalue weighted by Crippen LogP contribution is 2.17. The molecule has 0 aliphatic carbocycles. The molecule has 3 N–H and O–H groups in total. The number of nitrogens with two attached hydrogens (primary N) is 1. The van der Waals surface area contributed by atoms with Gasteiger partial charge in [0, 0.05) is 19.3 Å². The Labute approximate surface area is 125 Å². The van der Waals surface area contributed by atoms with Crippen LogP contribution < -0.4 is 10.5 Å². The second-order valence-corrected chi connectivity index (χ2v) is 6.89. The molecule has 0 radical (unpaired) electrons. The molecule has 114 valence electrons. The van der Waals surface area contributed by atoms with Crippen LogP contribution in [0.25, 0.3) is 0 Å². The number of hydrogen-bond donors (Lipinski definition) is 2. The predicted molar refractivity (Wildman–Crippen MR) is 82.3 cm³/mol. The normalized spacial score (nSPS) is 13.3. The summed E-state index contributed by atoms with van der Waals surface area (Å²) in [6.45, 7) is 3.84. The summed E-state index contributed by atoms with van der Waals surface area (Å²) in [5.74, 6) is 0.00749. The van der Waals surface area contributed by atoms with Crippen LogP contribution in [0.5, 0.6) is 0 Å². The molecule has 1 aromatic heterocycles. The van der Waals surface area contributed by atoms with Crippen LogP contribution in [-0.2, 0) is 23.5 Å². The molecule has 6 nitrogen and oxygen atoms in total. The average Bonchev–Trinajstić information content (AvgIpc) is 2.71. The van der Waals surface area contributed by atoms with Gasteiger partial charge in [-0.25, -0.2) is 13.1 Å². The van der Waals surface area contributed by atoms with Gasteiger partial charge in [0.1, 0.15) is 4.90 Å². The van der Waals surface area contributed by atoms with Crippen molar-refractivity contribution in [1.29, 1.82) is 0 Å². The molecule has 0 aliphatic heterocycles. The van der Waals surface area contributed by atoms with E-state index in [2.05, 4.69) is 9.82 Å². The van der Waals surface area contributed by atoms with Crippen molar-refractivity contribution in [2.24, 2.45) is 7.05 Å². The molecule has 0 amide bonds. The second kappa shape index (κ2) is 5.87. The molecule has 1 aromatic carbocycles. The third kappa shape index (κ3) is 3.62. The Hall–Kier alpha value is -1.86. The van der Waals surface area contributed by atoms with Gasteiger partial charge < -0.3 is 5.73 Å². The molecule has 0 fully saturated rings. The van der Waals surface area contributed by atoms with E-state index in [1.807, 2.05) is 38.1 Å². The number of nitrogen functional groups attached to an aromatic ring is 1. The van der Waals surface area contributed by atoms with Crippen LogP contribution in [-0.4, -0.2) is 24.2 Å². The van der Waals surface area contributed by atoms with E-state index in [-0.39, 0.29) is 16.8 Å². The number of sulfonamides is 1. The van der Waals surface area contributed by atoms with Gasteiger partial charge in [0.25, 0.3) is 0 Å². The first-order valence-corrected chi connectivity index (χ1v) is 8.14. The van der Waals surface area contributed by atoms with Gasteiger partial charge in [0.2, 0.25) is 10.0 Å². The van der Waals surface area contributed by atoms with Crippen molar-refractivity contribution in [2.45, 2.75) is 31.2 Å². The summed E-state index contributed by atoms with van der Waals surface area (Å²) in [7, 11) is -2.03. The smallest absolute Gasteiger partial charge is 0.246 e. The SMILES string of the molecule is Cc1ccccc1CC(C)NS(=O)(=O)c1cn(C)nc1N. The van der Waals surface area contributed by atoms with Crippen molar-refractivity contribution in [1.82, 2.24) is 14.5 Å². The van der Waals surface area contributed by atoms with Crippen LogP contribution in [0.4, 0.5) is 5.82 Å². The van der Waals surface area contributed by atoms with Crippen molar-refractivity contribution >= 4 is 15.8 Å². The maximum Gasteiger partial charge on any atom is 0.246 e. The maximum absolute atomic E-state index is 12.3. The summed E-state index contributed by atoms with van der Waals surface area (Å²) >= 11 is 0. The quantitative estimate of drug-likeness (QED) is 0.869. The first-order valence-electron chi connectivity index (χ1n) is 6.65. The molecule has 1 unspecified atom stereocenters. The van der Waals surface area contributed by atoms with Gasteiger partial charge >= 0.3 is 0 Å². The molecule has 1 heterocycles. The number of aryl methyl sites for hydroxylation is 2. The highest BCUT2D eigenvalue weighted by atomic mass is 32.2. The molecular formula is C14H20N4O2S. The Balaban J connectivity index is 2.14. The number of aromatic nitrogens is 2. The Morgan fingerprint density at radius 2 is 2.05 bits per heavy atom. The Morgan fingerprint density at radius 1 is 1.38 bits per heavy atom. The van der Waals surface area contributed by atoms with Crippen LogP contribution in [0.15, 0.2) is 35.4 Å². The van der Waals surface area contributed by atoms with Crippen molar-refractivity contribution in [3.63, 3.8) is 0 Å². The lowest BCUT2D eigenvalue weighted by Gasteiger charge is -2.15. The molecule has 2 rings (SSSR count). The number of nitrogens with one attached hydrogen (secondary N) is 1. The minimum atomic E-state index is -3.66. The molecule has 0 saturated carbocycles. The maximum atomic E-state index is 12.3. The average molecular weight is 308 g/mol. The molecule has 21 heavy (non-hydrogen) atoms. The van der Waals surface area contributed by atoms with Gasteiger partial charge in [-0.2, -0.15) is 5.10 Å². The number of rotatable bonds is 5. The van der Waals surface area contributed by atoms with Crippen LogP contribution in [0.2, 0.25) is 0 Å². The lowest BCUT2D eigenvalue weighted by atomic mass is 10.0. The first-order chi connectivity index (χ1) is 9.79. The van der Waals surface area contributed by atoms with Gasteiger partial charge in [-0.05, 0) is 31.4 Å². The predicted octanol–water partition coefficient (Wildman–Crippen LogP) is 1.22. The van der Waals surface area contributed by atoms with E-state index in [4.69, 9.17) is 5.73 Å². The molecule has 1 atom stereocenters. The van der Waals surface area contributed by atoms with Crippen molar-refractivity contribution in [3.8, 4) is 0 Å². The van der Waals surface area contributed by atoms with Crippen molar-refractivity contribution in [2.75, 3.05) is 5.73 Å². The topological polar surface area (TPSA) is 90.0 Å². The van der Waals surface area contributed by atoms with Gasteiger partial charge in [0.05, 0.1) is 0 Å². The minimum Gasteiger partial charge on any atom is -0.381 e. The summed E-state index contributed by atoms with van der Waals surface area (Å²) in [5, 5.41) is 3.86. The molecular weight excluding hydrogens is 288 g/mol. The van der Waals surface area contributed by atoms with E-state index in [1.165, 1.54) is 10.9 Å². The number of benzene rings is 1. The standard InChI is InChI=1S/C14H20N4O2S/c1-10-6-4-5-7-12(10)8-11(2)17-21(19,20)13-9-18(3)16-14(13)15/h4-7,9,11,17H,8H2,1-3H3,(H2,15,16). The van der Waals surface area contributed by atoms with Gasteiger partial charge in [-0.1, -0.05) is 24.3 Å².